The van der Waals surface area contributed by atoms with Crippen molar-refractivity contribution in [2.75, 3.05) is 11.9 Å². The molecule has 2 aromatic rings. The van der Waals surface area contributed by atoms with Crippen LogP contribution in [0, 0.1) is 6.92 Å². The van der Waals surface area contributed by atoms with Crippen molar-refractivity contribution in [1.29, 1.82) is 0 Å². The van der Waals surface area contributed by atoms with E-state index in [9.17, 15) is 4.79 Å². The number of nitrogens with one attached hydrogen (secondary N) is 1. The summed E-state index contributed by atoms with van der Waals surface area (Å²) in [5, 5.41) is 3.69. The van der Waals surface area contributed by atoms with Gasteiger partial charge in [-0.2, -0.15) is 0 Å². The van der Waals surface area contributed by atoms with E-state index in [1.165, 1.54) is 0 Å². The Bertz CT molecular complexity index is 631. The number of benzene rings is 1. The van der Waals surface area contributed by atoms with Gasteiger partial charge in [0, 0.05) is 18.0 Å². The van der Waals surface area contributed by atoms with Gasteiger partial charge in [0.25, 0.3) is 0 Å². The van der Waals surface area contributed by atoms with Crippen LogP contribution in [0.5, 0.6) is 0 Å². The molecular formula is C16H17ClN2O2. The molecule has 0 aliphatic rings. The summed E-state index contributed by atoms with van der Waals surface area (Å²) in [4.78, 5) is 16.3. The number of aryl methyl sites for hydroxylation is 1. The van der Waals surface area contributed by atoms with E-state index in [1.54, 1.807) is 25.4 Å². The zero-order chi connectivity index (χ0) is 15.2. The van der Waals surface area contributed by atoms with Crippen molar-refractivity contribution in [2.45, 2.75) is 19.9 Å². The highest BCUT2D eigenvalue weighted by Gasteiger charge is 2.24. The van der Waals surface area contributed by atoms with Gasteiger partial charge in [-0.3, -0.25) is 4.98 Å². The van der Waals surface area contributed by atoms with Crippen molar-refractivity contribution in [2.24, 2.45) is 0 Å². The fraction of sp³-hybridized carbons (Fsp3) is 0.250. The predicted octanol–water partition coefficient (Wildman–Crippen LogP) is 3.76. The van der Waals surface area contributed by atoms with Crippen LogP contribution >= 0.6 is 11.6 Å². The summed E-state index contributed by atoms with van der Waals surface area (Å²) in [5.41, 5.74) is 2.42. The molecule has 0 bridgehead atoms. The average Bonchev–Trinajstić information content (AvgIpc) is 2.48. The Labute approximate surface area is 129 Å². The summed E-state index contributed by atoms with van der Waals surface area (Å²) < 4.78 is 5.15. The van der Waals surface area contributed by atoms with Gasteiger partial charge in [0.05, 0.1) is 17.3 Å². The molecule has 1 aromatic heterocycles. The highest BCUT2D eigenvalue weighted by atomic mass is 35.5. The summed E-state index contributed by atoms with van der Waals surface area (Å²) in [6.45, 7) is 4.02. The van der Waals surface area contributed by atoms with Crippen molar-refractivity contribution in [3.63, 3.8) is 0 Å². The minimum Gasteiger partial charge on any atom is -0.464 e. The summed E-state index contributed by atoms with van der Waals surface area (Å²) in [6, 6.07) is 8.49. The monoisotopic (exact) mass is 304 g/mol. The van der Waals surface area contributed by atoms with E-state index >= 15 is 0 Å². The molecule has 4 nitrogen and oxygen atoms in total. The van der Waals surface area contributed by atoms with Crippen LogP contribution in [-0.4, -0.2) is 17.6 Å². The second kappa shape index (κ2) is 7.09. The molecule has 1 N–H and O–H groups in total. The van der Waals surface area contributed by atoms with Crippen LogP contribution in [0.3, 0.4) is 0 Å². The molecule has 0 radical (unpaired) electrons. The molecule has 110 valence electrons. The number of rotatable bonds is 5. The highest BCUT2D eigenvalue weighted by Crippen LogP contribution is 2.27. The maximum atomic E-state index is 12.3. The zero-order valence-corrected chi connectivity index (χ0v) is 12.7. The van der Waals surface area contributed by atoms with Crippen LogP contribution in [0.4, 0.5) is 5.69 Å². The van der Waals surface area contributed by atoms with E-state index in [-0.39, 0.29) is 5.97 Å². The number of carbonyl (C=O) groups excluding carboxylic acids is 1. The van der Waals surface area contributed by atoms with Gasteiger partial charge in [0.15, 0.2) is 6.04 Å². The van der Waals surface area contributed by atoms with Crippen molar-refractivity contribution >= 4 is 23.3 Å². The fourth-order valence-electron chi connectivity index (χ4n) is 2.00. The Morgan fingerprint density at radius 2 is 2.14 bits per heavy atom. The van der Waals surface area contributed by atoms with Crippen molar-refractivity contribution < 1.29 is 9.53 Å². The molecular weight excluding hydrogens is 288 g/mol. The van der Waals surface area contributed by atoms with Crippen LogP contribution < -0.4 is 5.32 Å². The first kappa shape index (κ1) is 15.3. The third kappa shape index (κ3) is 3.73. The molecule has 5 heteroatoms. The van der Waals surface area contributed by atoms with E-state index in [1.807, 2.05) is 31.2 Å². The topological polar surface area (TPSA) is 51.2 Å². The molecule has 0 aliphatic carbocycles. The van der Waals surface area contributed by atoms with Crippen molar-refractivity contribution in [3.8, 4) is 0 Å². The van der Waals surface area contributed by atoms with Gasteiger partial charge < -0.3 is 10.1 Å². The number of anilines is 1. The standard InChI is InChI=1S/C16H17ClN2O2/c1-3-21-16(20)15(12-10-18-9-8-11(12)2)19-14-7-5-4-6-13(14)17/h4-10,15,19H,3H2,1-2H3. The first-order chi connectivity index (χ1) is 10.1. The summed E-state index contributed by atoms with van der Waals surface area (Å²) in [5.74, 6) is -0.353. The number of carbonyl (C=O) groups is 1. The van der Waals surface area contributed by atoms with Crippen molar-refractivity contribution in [3.05, 3.63) is 58.9 Å². The predicted molar refractivity (Wildman–Crippen MR) is 83.4 cm³/mol. The largest absolute Gasteiger partial charge is 0.464 e. The Kier molecular flexibility index (Phi) is 5.17. The number of halogens is 1. The number of esters is 1. The van der Waals surface area contributed by atoms with E-state index in [0.717, 1.165) is 11.1 Å². The lowest BCUT2D eigenvalue weighted by Crippen LogP contribution is -2.24. The number of hydrogen-bond acceptors (Lipinski definition) is 4. The van der Waals surface area contributed by atoms with E-state index < -0.39 is 6.04 Å². The fourth-order valence-corrected chi connectivity index (χ4v) is 2.19. The molecule has 2 rings (SSSR count). The van der Waals surface area contributed by atoms with Gasteiger partial charge in [-0.05, 0) is 37.6 Å². The van der Waals surface area contributed by atoms with Gasteiger partial charge in [0.1, 0.15) is 0 Å². The maximum Gasteiger partial charge on any atom is 0.333 e. The Morgan fingerprint density at radius 3 is 2.81 bits per heavy atom. The normalized spacial score (nSPS) is 11.8. The molecule has 21 heavy (non-hydrogen) atoms. The van der Waals surface area contributed by atoms with E-state index in [2.05, 4.69) is 10.3 Å². The number of para-hydroxylation sites is 1. The van der Waals surface area contributed by atoms with Crippen LogP contribution in [0.1, 0.15) is 24.1 Å². The minimum absolute atomic E-state index is 0.318. The molecule has 1 atom stereocenters. The highest BCUT2D eigenvalue weighted by molar-refractivity contribution is 6.33. The first-order valence-electron chi connectivity index (χ1n) is 6.71. The third-order valence-corrected chi connectivity index (χ3v) is 3.42. The molecule has 0 spiro atoms. The second-order valence-electron chi connectivity index (χ2n) is 4.54. The zero-order valence-electron chi connectivity index (χ0n) is 12.0. The van der Waals surface area contributed by atoms with Crippen LogP contribution in [0.15, 0.2) is 42.7 Å². The Hall–Kier alpha value is -2.07. The van der Waals surface area contributed by atoms with E-state index in [0.29, 0.717) is 17.3 Å². The lowest BCUT2D eigenvalue weighted by Gasteiger charge is -2.20. The first-order valence-corrected chi connectivity index (χ1v) is 7.09. The molecule has 0 saturated carbocycles. The van der Waals surface area contributed by atoms with Gasteiger partial charge in [-0.1, -0.05) is 23.7 Å². The maximum absolute atomic E-state index is 12.3. The minimum atomic E-state index is -0.640. The molecule has 0 saturated heterocycles. The number of ether oxygens (including phenoxy) is 1. The van der Waals surface area contributed by atoms with Crippen LogP contribution in [-0.2, 0) is 9.53 Å². The Balaban J connectivity index is 2.36. The smallest absolute Gasteiger partial charge is 0.333 e. The molecule has 0 amide bonds. The molecule has 0 fully saturated rings. The van der Waals surface area contributed by atoms with Gasteiger partial charge >= 0.3 is 5.97 Å². The molecule has 1 unspecified atom stereocenters. The van der Waals surface area contributed by atoms with Crippen molar-refractivity contribution in [1.82, 2.24) is 4.98 Å². The quantitative estimate of drug-likeness (QED) is 0.855. The molecule has 1 heterocycles. The summed E-state index contributed by atoms with van der Waals surface area (Å²) in [6.07, 6.45) is 3.36. The average molecular weight is 305 g/mol. The number of aromatic nitrogens is 1. The van der Waals surface area contributed by atoms with Gasteiger partial charge in [0.2, 0.25) is 0 Å². The van der Waals surface area contributed by atoms with E-state index in [4.69, 9.17) is 16.3 Å². The third-order valence-electron chi connectivity index (χ3n) is 3.09. The molecule has 1 aromatic carbocycles. The SMILES string of the molecule is CCOC(=O)C(Nc1ccccc1Cl)c1cnccc1C. The summed E-state index contributed by atoms with van der Waals surface area (Å²) in [7, 11) is 0. The van der Waals surface area contributed by atoms with Gasteiger partial charge in [-0.25, -0.2) is 4.79 Å². The number of nitrogens with zero attached hydrogens (tertiary/aromatic N) is 1. The lowest BCUT2D eigenvalue weighted by molar-refractivity contribution is -0.144. The summed E-state index contributed by atoms with van der Waals surface area (Å²) >= 11 is 6.15. The number of hydrogen-bond donors (Lipinski definition) is 1. The number of pyridine rings is 1. The molecule has 0 aliphatic heterocycles. The van der Waals surface area contributed by atoms with Crippen LogP contribution in [0.2, 0.25) is 5.02 Å². The second-order valence-corrected chi connectivity index (χ2v) is 4.95. The van der Waals surface area contributed by atoms with Gasteiger partial charge in [-0.15, -0.1) is 0 Å². The van der Waals surface area contributed by atoms with Crippen LogP contribution in [0.25, 0.3) is 0 Å². The lowest BCUT2D eigenvalue weighted by atomic mass is 10.0. The Morgan fingerprint density at radius 1 is 1.38 bits per heavy atom.